The van der Waals surface area contributed by atoms with Crippen LogP contribution in [0.2, 0.25) is 5.02 Å². The number of hydrogen-bond donors (Lipinski definition) is 1. The maximum atomic E-state index is 12.4. The third kappa shape index (κ3) is 4.50. The van der Waals surface area contributed by atoms with Crippen molar-refractivity contribution in [2.75, 3.05) is 19.5 Å². The Morgan fingerprint density at radius 1 is 1.04 bits per heavy atom. The number of aromatic nitrogens is 2. The van der Waals surface area contributed by atoms with Crippen LogP contribution >= 0.6 is 11.6 Å². The summed E-state index contributed by atoms with van der Waals surface area (Å²) in [5.41, 5.74) is 1.50. The van der Waals surface area contributed by atoms with Gasteiger partial charge in [0.1, 0.15) is 6.54 Å². The molecule has 1 aromatic heterocycles. The van der Waals surface area contributed by atoms with Gasteiger partial charge in [-0.3, -0.25) is 9.59 Å². The van der Waals surface area contributed by atoms with Crippen molar-refractivity contribution in [2.24, 2.45) is 0 Å². The number of methoxy groups -OCH3 is 2. The summed E-state index contributed by atoms with van der Waals surface area (Å²) in [6, 6.07) is 15.0. The highest BCUT2D eigenvalue weighted by molar-refractivity contribution is 6.30. The number of carbonyl (C=O) groups is 1. The van der Waals surface area contributed by atoms with Gasteiger partial charge in [-0.15, -0.1) is 0 Å². The molecule has 2 aromatic carbocycles. The molecule has 8 heteroatoms. The Bertz CT molecular complexity index is 1050. The fourth-order valence-electron chi connectivity index (χ4n) is 2.59. The quantitative estimate of drug-likeness (QED) is 0.688. The average molecular weight is 400 g/mol. The van der Waals surface area contributed by atoms with Crippen LogP contribution in [0.15, 0.2) is 59.4 Å². The fraction of sp³-hybridized carbons (Fsp3) is 0.150. The van der Waals surface area contributed by atoms with Crippen LogP contribution in [0.1, 0.15) is 0 Å². The van der Waals surface area contributed by atoms with Crippen LogP contribution in [0.25, 0.3) is 11.3 Å². The molecule has 3 rings (SSSR count). The Balaban J connectivity index is 1.78. The van der Waals surface area contributed by atoms with Crippen molar-refractivity contribution in [1.82, 2.24) is 9.78 Å². The Morgan fingerprint density at radius 3 is 2.43 bits per heavy atom. The van der Waals surface area contributed by atoms with Gasteiger partial charge in [0.15, 0.2) is 11.5 Å². The standard InChI is InChI=1S/C20H18ClN3O4/c1-27-17-9-7-15(11-18(17)28-2)22-19(25)12-24-20(26)10-8-16(23-24)13-3-5-14(21)6-4-13/h3-11H,12H2,1-2H3,(H,22,25). The molecule has 0 saturated carbocycles. The van der Waals surface area contributed by atoms with Gasteiger partial charge in [0.25, 0.3) is 5.56 Å². The number of halogens is 1. The normalized spacial score (nSPS) is 10.4. The van der Waals surface area contributed by atoms with E-state index in [0.717, 1.165) is 10.2 Å². The van der Waals surface area contributed by atoms with Crippen LogP contribution in [-0.4, -0.2) is 29.9 Å². The summed E-state index contributed by atoms with van der Waals surface area (Å²) in [7, 11) is 3.04. The van der Waals surface area contributed by atoms with Gasteiger partial charge in [-0.1, -0.05) is 23.7 Å². The summed E-state index contributed by atoms with van der Waals surface area (Å²) in [5.74, 6) is 0.643. The molecule has 7 nitrogen and oxygen atoms in total. The molecule has 0 spiro atoms. The van der Waals surface area contributed by atoms with Gasteiger partial charge in [0.05, 0.1) is 19.9 Å². The summed E-state index contributed by atoms with van der Waals surface area (Å²) in [6.45, 7) is -0.228. The van der Waals surface area contributed by atoms with E-state index >= 15 is 0 Å². The zero-order valence-electron chi connectivity index (χ0n) is 15.3. The third-order valence-electron chi connectivity index (χ3n) is 3.97. The number of nitrogens with zero attached hydrogens (tertiary/aromatic N) is 2. The maximum absolute atomic E-state index is 12.4. The molecular weight excluding hydrogens is 382 g/mol. The maximum Gasteiger partial charge on any atom is 0.267 e. The first-order chi connectivity index (χ1) is 13.5. The molecule has 1 N–H and O–H groups in total. The first-order valence-corrected chi connectivity index (χ1v) is 8.74. The van der Waals surface area contributed by atoms with E-state index in [1.807, 2.05) is 0 Å². The lowest BCUT2D eigenvalue weighted by Crippen LogP contribution is -2.29. The first-order valence-electron chi connectivity index (χ1n) is 8.36. The van der Waals surface area contributed by atoms with Crippen LogP contribution in [0.4, 0.5) is 5.69 Å². The SMILES string of the molecule is COc1ccc(NC(=O)Cn2nc(-c3ccc(Cl)cc3)ccc2=O)cc1OC. The molecule has 0 aliphatic heterocycles. The van der Waals surface area contributed by atoms with Gasteiger partial charge in [-0.2, -0.15) is 5.10 Å². The number of hydrogen-bond acceptors (Lipinski definition) is 5. The van der Waals surface area contributed by atoms with Crippen molar-refractivity contribution in [3.05, 3.63) is 70.0 Å². The molecule has 0 radical (unpaired) electrons. The van der Waals surface area contributed by atoms with Gasteiger partial charge >= 0.3 is 0 Å². The molecule has 0 unspecified atom stereocenters. The van der Waals surface area contributed by atoms with E-state index < -0.39 is 5.91 Å². The largest absolute Gasteiger partial charge is 0.493 e. The van der Waals surface area contributed by atoms with Crippen molar-refractivity contribution in [2.45, 2.75) is 6.54 Å². The number of anilines is 1. The van der Waals surface area contributed by atoms with Crippen molar-refractivity contribution >= 4 is 23.2 Å². The minimum atomic E-state index is -0.393. The number of ether oxygens (including phenoxy) is 2. The molecule has 3 aromatic rings. The van der Waals surface area contributed by atoms with Crippen molar-refractivity contribution in [3.63, 3.8) is 0 Å². The zero-order valence-corrected chi connectivity index (χ0v) is 16.1. The molecule has 0 bridgehead atoms. The average Bonchev–Trinajstić information content (AvgIpc) is 2.70. The van der Waals surface area contributed by atoms with Crippen LogP contribution in [0.3, 0.4) is 0 Å². The molecule has 28 heavy (non-hydrogen) atoms. The molecule has 144 valence electrons. The van der Waals surface area contributed by atoms with E-state index in [-0.39, 0.29) is 12.1 Å². The number of benzene rings is 2. The first kappa shape index (κ1) is 19.4. The predicted molar refractivity (Wildman–Crippen MR) is 107 cm³/mol. The van der Waals surface area contributed by atoms with E-state index in [4.69, 9.17) is 21.1 Å². The smallest absolute Gasteiger partial charge is 0.267 e. The monoisotopic (exact) mass is 399 g/mol. The van der Waals surface area contributed by atoms with Gasteiger partial charge in [0, 0.05) is 28.4 Å². The number of amides is 1. The van der Waals surface area contributed by atoms with Gasteiger partial charge in [-0.05, 0) is 30.3 Å². The van der Waals surface area contributed by atoms with E-state index in [1.165, 1.54) is 20.3 Å². The van der Waals surface area contributed by atoms with Crippen LogP contribution in [-0.2, 0) is 11.3 Å². The van der Waals surface area contributed by atoms with Crippen molar-refractivity contribution < 1.29 is 14.3 Å². The second kappa shape index (κ2) is 8.58. The lowest BCUT2D eigenvalue weighted by molar-refractivity contribution is -0.117. The molecule has 0 aliphatic rings. The van der Waals surface area contributed by atoms with Crippen molar-refractivity contribution in [3.8, 4) is 22.8 Å². The summed E-state index contributed by atoms with van der Waals surface area (Å²) >= 11 is 5.90. The second-order valence-corrected chi connectivity index (χ2v) is 6.28. The van der Waals surface area contributed by atoms with Crippen molar-refractivity contribution in [1.29, 1.82) is 0 Å². The zero-order chi connectivity index (χ0) is 20.1. The van der Waals surface area contributed by atoms with Gasteiger partial charge in [-0.25, -0.2) is 4.68 Å². The number of nitrogens with one attached hydrogen (secondary N) is 1. The summed E-state index contributed by atoms with van der Waals surface area (Å²) in [4.78, 5) is 24.5. The van der Waals surface area contributed by atoms with Gasteiger partial charge in [0.2, 0.25) is 5.91 Å². The number of carbonyl (C=O) groups excluding carboxylic acids is 1. The lowest BCUT2D eigenvalue weighted by atomic mass is 10.1. The Labute approximate surface area is 166 Å². The lowest BCUT2D eigenvalue weighted by Gasteiger charge is -2.11. The number of rotatable bonds is 6. The summed E-state index contributed by atoms with van der Waals surface area (Å²) in [6.07, 6.45) is 0. The minimum absolute atomic E-state index is 0.228. The molecule has 0 aliphatic carbocycles. The second-order valence-electron chi connectivity index (χ2n) is 5.84. The summed E-state index contributed by atoms with van der Waals surface area (Å²) in [5, 5.41) is 7.59. The predicted octanol–water partition coefficient (Wildman–Crippen LogP) is 3.22. The molecule has 0 saturated heterocycles. The van der Waals surface area contributed by atoms with E-state index in [0.29, 0.717) is 27.9 Å². The van der Waals surface area contributed by atoms with Crippen LogP contribution in [0, 0.1) is 0 Å². The fourth-order valence-corrected chi connectivity index (χ4v) is 2.71. The third-order valence-corrected chi connectivity index (χ3v) is 4.22. The Kier molecular flexibility index (Phi) is 5.96. The molecule has 0 fully saturated rings. The van der Waals surface area contributed by atoms with Crippen LogP contribution < -0.4 is 20.3 Å². The highest BCUT2D eigenvalue weighted by atomic mass is 35.5. The van der Waals surface area contributed by atoms with E-state index in [9.17, 15) is 9.59 Å². The van der Waals surface area contributed by atoms with Crippen LogP contribution in [0.5, 0.6) is 11.5 Å². The van der Waals surface area contributed by atoms with E-state index in [2.05, 4.69) is 10.4 Å². The topological polar surface area (TPSA) is 82.5 Å². The van der Waals surface area contributed by atoms with Gasteiger partial charge < -0.3 is 14.8 Å². The highest BCUT2D eigenvalue weighted by Gasteiger charge is 2.10. The summed E-state index contributed by atoms with van der Waals surface area (Å²) < 4.78 is 11.5. The Morgan fingerprint density at radius 2 is 1.75 bits per heavy atom. The molecule has 0 atom stereocenters. The molecule has 1 amide bonds. The minimum Gasteiger partial charge on any atom is -0.493 e. The molecular formula is C20H18ClN3O4. The Hall–Kier alpha value is -3.32. The highest BCUT2D eigenvalue weighted by Crippen LogP contribution is 2.29. The van der Waals surface area contributed by atoms with E-state index in [1.54, 1.807) is 48.5 Å². The molecule has 1 heterocycles.